The third-order valence-corrected chi connectivity index (χ3v) is 4.50. The lowest BCUT2D eigenvalue weighted by atomic mass is 10.0. The second-order valence-corrected chi connectivity index (χ2v) is 6.42. The van der Waals surface area contributed by atoms with Crippen LogP contribution in [0.1, 0.15) is 26.7 Å². The maximum absolute atomic E-state index is 12.6. The topological polar surface area (TPSA) is 114 Å². The van der Waals surface area contributed by atoms with E-state index in [9.17, 15) is 4.79 Å². The molecular weight excluding hydrogens is 364 g/mol. The molecule has 1 aromatic carbocycles. The molecule has 4 N–H and O–H groups in total. The number of anilines is 1. The summed E-state index contributed by atoms with van der Waals surface area (Å²) in [6.07, 6.45) is 6.53. The van der Waals surface area contributed by atoms with Crippen LogP contribution in [0.2, 0.25) is 0 Å². The zero-order valence-corrected chi connectivity index (χ0v) is 15.4. The molecule has 0 fully saturated rings. The zero-order chi connectivity index (χ0) is 19.2. The summed E-state index contributed by atoms with van der Waals surface area (Å²) in [6.45, 7) is 0.246. The van der Waals surface area contributed by atoms with Gasteiger partial charge in [-0.1, -0.05) is 0 Å². The van der Waals surface area contributed by atoms with Crippen molar-refractivity contribution >= 4 is 34.7 Å². The molecular formula is C19H18N4O3S. The first-order chi connectivity index (χ1) is 13.1. The first-order valence-electron chi connectivity index (χ1n) is 8.03. The molecule has 1 amide bonds. The number of nitrogens with one attached hydrogen (secondary N) is 2. The molecule has 0 aliphatic heterocycles. The molecule has 0 aliphatic rings. The minimum absolute atomic E-state index is 0.125. The van der Waals surface area contributed by atoms with Crippen LogP contribution in [-0.2, 0) is 6.54 Å². The number of nitrogen functional groups attached to an aromatic ring is 1. The molecule has 138 valence electrons. The largest absolute Gasteiger partial charge is 0.495 e. The van der Waals surface area contributed by atoms with Gasteiger partial charge in [-0.15, -0.1) is 11.3 Å². The Hall–Kier alpha value is -3.39. The van der Waals surface area contributed by atoms with E-state index in [2.05, 4.69) is 10.3 Å². The number of nitrogens with two attached hydrogens (primary N) is 1. The van der Waals surface area contributed by atoms with Crippen molar-refractivity contribution in [3.05, 3.63) is 70.1 Å². The smallest absolute Gasteiger partial charge is 0.255 e. The molecule has 2 aromatic heterocycles. The Morgan fingerprint density at radius 2 is 2.30 bits per heavy atom. The predicted octanol–water partition coefficient (Wildman–Crippen LogP) is 3.34. The van der Waals surface area contributed by atoms with Gasteiger partial charge in [0.2, 0.25) is 0 Å². The van der Waals surface area contributed by atoms with Crippen molar-refractivity contribution < 1.29 is 13.9 Å². The molecule has 7 nitrogen and oxygen atoms in total. The third-order valence-electron chi connectivity index (χ3n) is 3.76. The number of thiazole rings is 1. The highest BCUT2D eigenvalue weighted by Gasteiger charge is 2.20. The number of amides is 1. The van der Waals surface area contributed by atoms with Gasteiger partial charge in [-0.2, -0.15) is 0 Å². The molecule has 2 heterocycles. The van der Waals surface area contributed by atoms with Gasteiger partial charge in [0.1, 0.15) is 16.5 Å². The number of methoxy groups -OCH3 is 1. The van der Waals surface area contributed by atoms with Crippen molar-refractivity contribution in [1.29, 1.82) is 5.41 Å². The normalized spacial score (nSPS) is 10.9. The van der Waals surface area contributed by atoms with Gasteiger partial charge in [0.15, 0.2) is 0 Å². The maximum Gasteiger partial charge on any atom is 0.255 e. The summed E-state index contributed by atoms with van der Waals surface area (Å²) in [5.74, 6) is 0.541. The number of carbonyl (C=O) groups is 1. The van der Waals surface area contributed by atoms with Crippen LogP contribution in [-0.4, -0.2) is 23.7 Å². The van der Waals surface area contributed by atoms with Gasteiger partial charge >= 0.3 is 0 Å². The number of hydrogen-bond acceptors (Lipinski definition) is 7. The second-order valence-electron chi connectivity index (χ2n) is 5.49. The molecule has 3 rings (SSSR count). The fourth-order valence-electron chi connectivity index (χ4n) is 2.50. The van der Waals surface area contributed by atoms with Crippen LogP contribution in [0, 0.1) is 5.41 Å². The van der Waals surface area contributed by atoms with Gasteiger partial charge in [0.25, 0.3) is 5.91 Å². The highest BCUT2D eigenvalue weighted by molar-refractivity contribution is 7.10. The third kappa shape index (κ3) is 4.24. The number of carbonyl (C=O) groups excluding carboxylic acids is 1. The molecule has 0 spiro atoms. The lowest BCUT2D eigenvalue weighted by molar-refractivity contribution is 0.0945. The number of ether oxygens (including phenoxy) is 1. The molecule has 0 unspecified atom stereocenters. The fraction of sp³-hybridized carbons (Fsp3) is 0.105. The van der Waals surface area contributed by atoms with E-state index in [0.717, 1.165) is 5.01 Å². The van der Waals surface area contributed by atoms with Gasteiger partial charge in [0, 0.05) is 17.3 Å². The highest BCUT2D eigenvalue weighted by Crippen LogP contribution is 2.30. The predicted molar refractivity (Wildman–Crippen MR) is 105 cm³/mol. The lowest BCUT2D eigenvalue weighted by Gasteiger charge is -2.15. The van der Waals surface area contributed by atoms with E-state index >= 15 is 0 Å². The molecule has 3 aromatic rings. The Morgan fingerprint density at radius 1 is 1.44 bits per heavy atom. The number of furan rings is 1. The molecule has 0 bridgehead atoms. The number of aromatic nitrogens is 1. The zero-order valence-electron chi connectivity index (χ0n) is 14.6. The molecule has 0 aliphatic carbocycles. The minimum Gasteiger partial charge on any atom is -0.495 e. The molecule has 0 atom stereocenters. The van der Waals surface area contributed by atoms with Crippen molar-refractivity contribution in [1.82, 2.24) is 10.3 Å². The van der Waals surface area contributed by atoms with Crippen LogP contribution >= 0.6 is 11.3 Å². The number of nitrogens with zero attached hydrogens (tertiary/aromatic N) is 1. The number of rotatable bonds is 7. The minimum atomic E-state index is -0.346. The first kappa shape index (κ1) is 18.4. The van der Waals surface area contributed by atoms with Crippen molar-refractivity contribution in [3.8, 4) is 5.75 Å². The van der Waals surface area contributed by atoms with Gasteiger partial charge in [-0.05, 0) is 36.4 Å². The van der Waals surface area contributed by atoms with Crippen LogP contribution in [0.25, 0.3) is 6.08 Å². The number of hydrogen-bond donors (Lipinski definition) is 3. The summed E-state index contributed by atoms with van der Waals surface area (Å²) >= 11 is 1.46. The van der Waals surface area contributed by atoms with Crippen molar-refractivity contribution in [3.63, 3.8) is 0 Å². The van der Waals surface area contributed by atoms with Gasteiger partial charge in [-0.25, -0.2) is 4.98 Å². The summed E-state index contributed by atoms with van der Waals surface area (Å²) in [5.41, 5.74) is 7.18. The maximum atomic E-state index is 12.6. The second kappa shape index (κ2) is 8.33. The molecule has 0 saturated carbocycles. The summed E-state index contributed by atoms with van der Waals surface area (Å²) in [6, 6.07) is 6.68. The van der Waals surface area contributed by atoms with E-state index in [1.54, 1.807) is 48.9 Å². The van der Waals surface area contributed by atoms with E-state index in [4.69, 9.17) is 20.3 Å². The Kier molecular flexibility index (Phi) is 5.68. The Labute approximate surface area is 160 Å². The fourth-order valence-corrected chi connectivity index (χ4v) is 3.03. The SMILES string of the molecule is COc1c(C(=O)NCc2ccco2)ccc(N)c1C(=N)/C=C/c1nccs1. The van der Waals surface area contributed by atoms with Gasteiger partial charge in [-0.3, -0.25) is 4.79 Å². The van der Waals surface area contributed by atoms with E-state index < -0.39 is 0 Å². The average molecular weight is 382 g/mol. The quantitative estimate of drug-likeness (QED) is 0.428. The summed E-state index contributed by atoms with van der Waals surface area (Å²) in [5, 5.41) is 13.7. The molecule has 0 saturated heterocycles. The molecule has 27 heavy (non-hydrogen) atoms. The van der Waals surface area contributed by atoms with Crippen LogP contribution in [0.3, 0.4) is 0 Å². The van der Waals surface area contributed by atoms with E-state index in [-0.39, 0.29) is 23.9 Å². The van der Waals surface area contributed by atoms with Gasteiger partial charge < -0.3 is 25.6 Å². The van der Waals surface area contributed by atoms with Crippen LogP contribution in [0.5, 0.6) is 5.75 Å². The molecule has 0 radical (unpaired) electrons. The van der Waals surface area contributed by atoms with E-state index in [1.807, 2.05) is 5.38 Å². The van der Waals surface area contributed by atoms with Crippen LogP contribution in [0.4, 0.5) is 5.69 Å². The number of benzene rings is 1. The summed E-state index contributed by atoms with van der Waals surface area (Å²) < 4.78 is 10.6. The standard InChI is InChI=1S/C19H18N4O3S/c1-25-18-13(19(24)23-11-12-3-2-9-26-12)4-5-14(20)17(18)15(21)6-7-16-22-8-10-27-16/h2-10,21H,11,20H2,1H3,(H,23,24)/b7-6+,21-15?. The highest BCUT2D eigenvalue weighted by atomic mass is 32.1. The van der Waals surface area contributed by atoms with Crippen molar-refractivity contribution in [2.75, 3.05) is 12.8 Å². The summed E-state index contributed by atoms with van der Waals surface area (Å²) in [4.78, 5) is 16.7. The first-order valence-corrected chi connectivity index (χ1v) is 8.91. The van der Waals surface area contributed by atoms with E-state index in [1.165, 1.54) is 18.4 Å². The number of allylic oxidation sites excluding steroid dienone is 1. The lowest BCUT2D eigenvalue weighted by Crippen LogP contribution is -2.24. The Balaban J connectivity index is 1.86. The Morgan fingerprint density at radius 3 is 2.96 bits per heavy atom. The Bertz CT molecular complexity index is 963. The van der Waals surface area contributed by atoms with Crippen LogP contribution < -0.4 is 15.8 Å². The average Bonchev–Trinajstić information content (AvgIpc) is 3.37. The summed E-state index contributed by atoms with van der Waals surface area (Å²) in [7, 11) is 1.44. The van der Waals surface area contributed by atoms with Crippen LogP contribution in [0.15, 0.2) is 52.6 Å². The van der Waals surface area contributed by atoms with Crippen molar-refractivity contribution in [2.24, 2.45) is 0 Å². The van der Waals surface area contributed by atoms with Gasteiger partial charge in [0.05, 0.1) is 36.8 Å². The van der Waals surface area contributed by atoms with Crippen molar-refractivity contribution in [2.45, 2.75) is 6.54 Å². The monoisotopic (exact) mass is 382 g/mol. The van der Waals surface area contributed by atoms with E-state index in [0.29, 0.717) is 22.6 Å². The molecule has 8 heteroatoms.